The second kappa shape index (κ2) is 15.5. The highest BCUT2D eigenvalue weighted by Gasteiger charge is 2.37. The summed E-state index contributed by atoms with van der Waals surface area (Å²) in [4.78, 5) is 41.3. The van der Waals surface area contributed by atoms with Crippen LogP contribution in [0.5, 0.6) is 0 Å². The van der Waals surface area contributed by atoms with E-state index in [1.807, 2.05) is 38.1 Å². The minimum atomic E-state index is -1.62. The third-order valence-electron chi connectivity index (χ3n) is 7.08. The van der Waals surface area contributed by atoms with Crippen molar-refractivity contribution in [1.29, 1.82) is 0 Å². The van der Waals surface area contributed by atoms with Crippen LogP contribution in [0.2, 0.25) is 0 Å². The second-order valence-corrected chi connectivity index (χ2v) is 12.1. The number of nitrogens with one attached hydrogen (secondary N) is 1. The minimum Gasteiger partial charge on any atom is -0.461 e. The Hall–Kier alpha value is -2.52. The Bertz CT molecular complexity index is 954. The van der Waals surface area contributed by atoms with E-state index >= 15 is 0 Å². The molecule has 1 aromatic rings. The number of hydrogen-bond donors (Lipinski definition) is 1. The number of nitrogens with zero attached hydrogens (tertiary/aromatic N) is 1. The van der Waals surface area contributed by atoms with Crippen LogP contribution in [0.1, 0.15) is 84.3 Å². The number of halogens is 1. The van der Waals surface area contributed by atoms with E-state index in [1.54, 1.807) is 20.9 Å². The van der Waals surface area contributed by atoms with Crippen LogP contribution in [0, 0.1) is 5.92 Å². The first-order chi connectivity index (χ1) is 18.7. The molecular formula is C31H49FN2O6. The van der Waals surface area contributed by atoms with Crippen LogP contribution >= 0.6 is 0 Å². The number of ether oxygens (including phenoxy) is 3. The Morgan fingerprint density at radius 1 is 1.05 bits per heavy atom. The lowest BCUT2D eigenvalue weighted by molar-refractivity contribution is -0.167. The third-order valence-corrected chi connectivity index (χ3v) is 7.08. The van der Waals surface area contributed by atoms with Gasteiger partial charge in [0.15, 0.2) is 6.10 Å². The molecule has 2 rings (SSSR count). The fourth-order valence-corrected chi connectivity index (χ4v) is 4.91. The first-order valence-corrected chi connectivity index (χ1v) is 14.4. The average molecular weight is 565 g/mol. The molecular weight excluding hydrogens is 515 g/mol. The Balaban J connectivity index is 2.32. The number of esters is 2. The SMILES string of the molecule is CNC(CC(C)(C)F)C(=O)OC(Cc1ccc(C2CCOCC2)cc1)C(=O)N(C)C(CC(C)C)C(=O)OC(C)C. The van der Waals surface area contributed by atoms with Gasteiger partial charge in [-0.15, -0.1) is 0 Å². The summed E-state index contributed by atoms with van der Waals surface area (Å²) in [5, 5.41) is 2.80. The summed E-state index contributed by atoms with van der Waals surface area (Å²) in [5.74, 6) is -1.20. The van der Waals surface area contributed by atoms with E-state index < -0.39 is 41.7 Å². The van der Waals surface area contributed by atoms with Crippen molar-refractivity contribution in [2.24, 2.45) is 5.92 Å². The third kappa shape index (κ3) is 10.8. The van der Waals surface area contributed by atoms with Crippen molar-refractivity contribution in [1.82, 2.24) is 10.2 Å². The largest absolute Gasteiger partial charge is 0.461 e. The summed E-state index contributed by atoms with van der Waals surface area (Å²) in [6.45, 7) is 11.7. The number of amides is 1. The monoisotopic (exact) mass is 564 g/mol. The molecule has 3 atom stereocenters. The van der Waals surface area contributed by atoms with Crippen molar-refractivity contribution in [3.05, 3.63) is 35.4 Å². The van der Waals surface area contributed by atoms with E-state index in [9.17, 15) is 18.8 Å². The van der Waals surface area contributed by atoms with E-state index in [0.717, 1.165) is 31.6 Å². The summed E-state index contributed by atoms with van der Waals surface area (Å²) in [6, 6.07) is 6.20. The lowest BCUT2D eigenvalue weighted by Crippen LogP contribution is -2.51. The summed E-state index contributed by atoms with van der Waals surface area (Å²) in [5.41, 5.74) is 0.400. The van der Waals surface area contributed by atoms with Crippen molar-refractivity contribution < 1.29 is 33.0 Å². The lowest BCUT2D eigenvalue weighted by atomic mass is 9.90. The molecule has 1 amide bonds. The number of carbonyl (C=O) groups is 3. The molecule has 40 heavy (non-hydrogen) atoms. The zero-order chi connectivity index (χ0) is 30.0. The molecule has 1 heterocycles. The molecule has 0 saturated carbocycles. The van der Waals surface area contributed by atoms with E-state index in [4.69, 9.17) is 14.2 Å². The minimum absolute atomic E-state index is 0.110. The smallest absolute Gasteiger partial charge is 0.329 e. The first kappa shape index (κ1) is 33.7. The van der Waals surface area contributed by atoms with Gasteiger partial charge in [-0.05, 0) is 77.0 Å². The van der Waals surface area contributed by atoms with Gasteiger partial charge in [0.25, 0.3) is 5.91 Å². The maximum Gasteiger partial charge on any atom is 0.329 e. The van der Waals surface area contributed by atoms with Gasteiger partial charge in [0.1, 0.15) is 17.8 Å². The van der Waals surface area contributed by atoms with Crippen LogP contribution in [-0.4, -0.2) is 80.0 Å². The molecule has 226 valence electrons. The van der Waals surface area contributed by atoms with E-state index in [1.165, 1.54) is 31.4 Å². The lowest BCUT2D eigenvalue weighted by Gasteiger charge is -2.32. The van der Waals surface area contributed by atoms with E-state index in [0.29, 0.717) is 12.3 Å². The zero-order valence-corrected chi connectivity index (χ0v) is 25.5. The Morgan fingerprint density at radius 2 is 1.65 bits per heavy atom. The number of alkyl halides is 1. The fourth-order valence-electron chi connectivity index (χ4n) is 4.91. The van der Waals surface area contributed by atoms with Crippen LogP contribution < -0.4 is 5.32 Å². The molecule has 1 aliphatic heterocycles. The highest BCUT2D eigenvalue weighted by Crippen LogP contribution is 2.27. The van der Waals surface area contributed by atoms with E-state index in [-0.39, 0.29) is 24.9 Å². The van der Waals surface area contributed by atoms with Crippen molar-refractivity contribution in [2.75, 3.05) is 27.3 Å². The molecule has 1 fully saturated rings. The van der Waals surface area contributed by atoms with Crippen molar-refractivity contribution in [3.8, 4) is 0 Å². The normalized spacial score (nSPS) is 16.9. The van der Waals surface area contributed by atoms with Gasteiger partial charge < -0.3 is 24.4 Å². The van der Waals surface area contributed by atoms with Crippen LogP contribution in [0.4, 0.5) is 4.39 Å². The molecule has 8 nitrogen and oxygen atoms in total. The fraction of sp³-hybridized carbons (Fsp3) is 0.710. The Kier molecular flexibility index (Phi) is 13.0. The standard InChI is InChI=1S/C31H49FN2O6/c1-20(2)17-26(30(37)39-21(3)4)34(8)28(35)27(40-29(36)25(33-7)19-31(5,6)32)18-22-9-11-23(12-10-22)24-13-15-38-16-14-24/h9-12,20-21,24-27,33H,13-19H2,1-8H3. The Labute approximate surface area is 239 Å². The molecule has 9 heteroatoms. The number of carbonyl (C=O) groups excluding carboxylic acids is 3. The van der Waals surface area contributed by atoms with Crippen molar-refractivity contribution >= 4 is 17.8 Å². The highest BCUT2D eigenvalue weighted by atomic mass is 19.1. The molecule has 0 spiro atoms. The maximum absolute atomic E-state index is 14.4. The molecule has 1 aliphatic rings. The number of rotatable bonds is 14. The van der Waals surface area contributed by atoms with Gasteiger partial charge in [0.05, 0.1) is 6.10 Å². The second-order valence-electron chi connectivity index (χ2n) is 12.1. The molecule has 0 bridgehead atoms. The van der Waals surface area contributed by atoms with Crippen LogP contribution in [-0.2, 0) is 35.0 Å². The van der Waals surface area contributed by atoms with Gasteiger partial charge in [-0.25, -0.2) is 9.18 Å². The van der Waals surface area contributed by atoms with Gasteiger partial charge in [0, 0.05) is 33.1 Å². The topological polar surface area (TPSA) is 94.2 Å². The molecule has 0 radical (unpaired) electrons. The summed E-state index contributed by atoms with van der Waals surface area (Å²) in [6.07, 6.45) is 0.775. The van der Waals surface area contributed by atoms with Crippen molar-refractivity contribution in [2.45, 2.75) is 110 Å². The molecule has 0 aromatic heterocycles. The number of hydrogen-bond acceptors (Lipinski definition) is 7. The molecule has 0 aliphatic carbocycles. The zero-order valence-electron chi connectivity index (χ0n) is 25.5. The quantitative estimate of drug-likeness (QED) is 0.331. The summed E-state index contributed by atoms with van der Waals surface area (Å²) < 4.78 is 31.1. The van der Waals surface area contributed by atoms with Crippen LogP contribution in [0.25, 0.3) is 0 Å². The van der Waals surface area contributed by atoms with Crippen molar-refractivity contribution in [3.63, 3.8) is 0 Å². The van der Waals surface area contributed by atoms with Crippen LogP contribution in [0.3, 0.4) is 0 Å². The predicted octanol–water partition coefficient (Wildman–Crippen LogP) is 4.59. The molecule has 1 N–H and O–H groups in total. The van der Waals surface area contributed by atoms with Crippen LogP contribution in [0.15, 0.2) is 24.3 Å². The van der Waals surface area contributed by atoms with E-state index in [2.05, 4.69) is 5.32 Å². The molecule has 3 unspecified atom stereocenters. The van der Waals surface area contributed by atoms with Gasteiger partial charge in [0.2, 0.25) is 0 Å². The van der Waals surface area contributed by atoms with Gasteiger partial charge in [-0.2, -0.15) is 0 Å². The predicted molar refractivity (Wildman–Crippen MR) is 153 cm³/mol. The average Bonchev–Trinajstić information content (AvgIpc) is 2.89. The summed E-state index contributed by atoms with van der Waals surface area (Å²) in [7, 11) is 3.09. The maximum atomic E-state index is 14.4. The summed E-state index contributed by atoms with van der Waals surface area (Å²) >= 11 is 0. The molecule has 1 saturated heterocycles. The highest BCUT2D eigenvalue weighted by molar-refractivity contribution is 5.89. The Morgan fingerprint density at radius 3 is 2.15 bits per heavy atom. The molecule has 1 aromatic carbocycles. The number of benzene rings is 1. The first-order valence-electron chi connectivity index (χ1n) is 14.4. The van der Waals surface area contributed by atoms with Gasteiger partial charge >= 0.3 is 11.9 Å². The van der Waals surface area contributed by atoms with Gasteiger partial charge in [-0.3, -0.25) is 9.59 Å². The van der Waals surface area contributed by atoms with Gasteiger partial charge in [-0.1, -0.05) is 38.1 Å². The number of likely N-dealkylation sites (N-methyl/N-ethyl adjacent to an activating group) is 2.